The average Bonchev–Trinajstić information content (AvgIpc) is 2.90. The second-order valence-electron chi connectivity index (χ2n) is 4.95. The fourth-order valence-electron chi connectivity index (χ4n) is 2.28. The number of para-hydroxylation sites is 1. The molecule has 2 amide bonds. The van der Waals surface area contributed by atoms with Gasteiger partial charge in [0.25, 0.3) is 11.8 Å². The van der Waals surface area contributed by atoms with Gasteiger partial charge >= 0.3 is 0 Å². The van der Waals surface area contributed by atoms with Crippen LogP contribution in [-0.2, 0) is 16.6 Å². The van der Waals surface area contributed by atoms with E-state index in [0.29, 0.717) is 5.69 Å². The summed E-state index contributed by atoms with van der Waals surface area (Å²) in [5, 5.41) is 2.28. The number of rotatable bonds is 2. The molecule has 0 radical (unpaired) electrons. The Hall–Kier alpha value is -2.80. The van der Waals surface area contributed by atoms with E-state index in [4.69, 9.17) is 12.2 Å². The van der Waals surface area contributed by atoms with E-state index in [1.54, 1.807) is 36.0 Å². The fraction of sp³-hybridized carbons (Fsp3) is 0.0625. The van der Waals surface area contributed by atoms with Crippen LogP contribution >= 0.6 is 12.2 Å². The van der Waals surface area contributed by atoms with Crippen molar-refractivity contribution >= 4 is 40.9 Å². The molecule has 1 N–H and O–H groups in total. The van der Waals surface area contributed by atoms with Gasteiger partial charge in [0.1, 0.15) is 11.4 Å². The number of benzene rings is 1. The summed E-state index contributed by atoms with van der Waals surface area (Å²) >= 11 is 5.02. The van der Waals surface area contributed by atoms with Crippen LogP contribution in [0.2, 0.25) is 0 Å². The Labute approximate surface area is 137 Å². The minimum absolute atomic E-state index is 0.000260. The number of aromatic nitrogens is 1. The lowest BCUT2D eigenvalue weighted by atomic mass is 10.1. The first-order valence-corrected chi connectivity index (χ1v) is 7.17. The normalized spacial score (nSPS) is 16.9. The summed E-state index contributed by atoms with van der Waals surface area (Å²) < 4.78 is 15.8. The van der Waals surface area contributed by atoms with Crippen LogP contribution in [0.1, 0.15) is 5.69 Å². The summed E-state index contributed by atoms with van der Waals surface area (Å²) in [6, 6.07) is 9.30. The molecule has 1 saturated heterocycles. The Kier molecular flexibility index (Phi) is 3.79. The quantitative estimate of drug-likeness (QED) is 0.521. The Bertz CT molecular complexity index is 857. The molecule has 116 valence electrons. The van der Waals surface area contributed by atoms with E-state index < -0.39 is 17.6 Å². The average molecular weight is 329 g/mol. The summed E-state index contributed by atoms with van der Waals surface area (Å²) in [6.07, 6.45) is 3.24. The summed E-state index contributed by atoms with van der Waals surface area (Å²) in [4.78, 5) is 25.8. The summed E-state index contributed by atoms with van der Waals surface area (Å²) in [5.74, 6) is -1.86. The van der Waals surface area contributed by atoms with Gasteiger partial charge in [-0.15, -0.1) is 0 Å². The lowest BCUT2D eigenvalue weighted by molar-refractivity contribution is -0.122. The molecule has 2 aromatic rings. The maximum atomic E-state index is 14.0. The number of hydrogen-bond donors (Lipinski definition) is 1. The van der Waals surface area contributed by atoms with Crippen LogP contribution in [0.3, 0.4) is 0 Å². The van der Waals surface area contributed by atoms with Crippen molar-refractivity contribution in [2.45, 2.75) is 0 Å². The molecule has 2 heterocycles. The number of hydrogen-bond acceptors (Lipinski definition) is 3. The van der Waals surface area contributed by atoms with Crippen molar-refractivity contribution in [3.8, 4) is 0 Å². The zero-order chi connectivity index (χ0) is 16.6. The Balaban J connectivity index is 2.07. The third kappa shape index (κ3) is 2.66. The molecule has 0 bridgehead atoms. The van der Waals surface area contributed by atoms with Crippen molar-refractivity contribution in [1.82, 2.24) is 9.88 Å². The van der Waals surface area contributed by atoms with Crippen LogP contribution in [0.5, 0.6) is 0 Å². The Morgan fingerprint density at radius 2 is 1.91 bits per heavy atom. The largest absolute Gasteiger partial charge is 0.351 e. The second-order valence-corrected chi connectivity index (χ2v) is 5.34. The van der Waals surface area contributed by atoms with Crippen LogP contribution < -0.4 is 10.2 Å². The van der Waals surface area contributed by atoms with Crippen LogP contribution in [0.4, 0.5) is 10.1 Å². The third-order valence-corrected chi connectivity index (χ3v) is 3.76. The van der Waals surface area contributed by atoms with E-state index in [1.807, 2.05) is 0 Å². The topological polar surface area (TPSA) is 54.3 Å². The number of nitrogens with one attached hydrogen (secondary N) is 1. The maximum absolute atomic E-state index is 14.0. The highest BCUT2D eigenvalue weighted by atomic mass is 32.1. The van der Waals surface area contributed by atoms with Gasteiger partial charge in [0.15, 0.2) is 5.11 Å². The lowest BCUT2D eigenvalue weighted by Gasteiger charge is -2.29. The molecule has 1 aliphatic heterocycles. The molecule has 1 aliphatic rings. The zero-order valence-corrected chi connectivity index (χ0v) is 12.9. The van der Waals surface area contributed by atoms with Crippen molar-refractivity contribution in [1.29, 1.82) is 0 Å². The molecule has 1 fully saturated rings. The minimum Gasteiger partial charge on any atom is -0.351 e. The van der Waals surface area contributed by atoms with Crippen molar-refractivity contribution < 1.29 is 14.0 Å². The zero-order valence-electron chi connectivity index (χ0n) is 12.1. The standard InChI is InChI=1S/C16H12FN3O2S/c1-19-8-4-5-10(19)9-11-14(21)18-16(23)20(15(11)22)13-7-3-2-6-12(13)17/h2-9H,1H3,(H,18,21,23). The van der Waals surface area contributed by atoms with Crippen LogP contribution in [-0.4, -0.2) is 21.5 Å². The van der Waals surface area contributed by atoms with Gasteiger partial charge in [-0.3, -0.25) is 14.9 Å². The summed E-state index contributed by atoms with van der Waals surface area (Å²) in [6.45, 7) is 0. The van der Waals surface area contributed by atoms with E-state index in [2.05, 4.69) is 5.32 Å². The molecule has 0 atom stereocenters. The molecule has 1 aromatic heterocycles. The van der Waals surface area contributed by atoms with Crippen LogP contribution in [0.15, 0.2) is 48.2 Å². The van der Waals surface area contributed by atoms with Gasteiger partial charge in [-0.2, -0.15) is 0 Å². The number of thiocarbonyl (C=S) groups is 1. The first-order chi connectivity index (χ1) is 11.0. The smallest absolute Gasteiger partial charge is 0.270 e. The van der Waals surface area contributed by atoms with E-state index in [1.165, 1.54) is 24.3 Å². The first-order valence-electron chi connectivity index (χ1n) is 6.76. The first kappa shape index (κ1) is 15.1. The Morgan fingerprint density at radius 3 is 2.57 bits per heavy atom. The number of halogens is 1. The van der Waals surface area contributed by atoms with Gasteiger partial charge in [0.2, 0.25) is 0 Å². The number of anilines is 1. The van der Waals surface area contributed by atoms with Crippen LogP contribution in [0, 0.1) is 5.82 Å². The molecule has 23 heavy (non-hydrogen) atoms. The van der Waals surface area contributed by atoms with Crippen molar-refractivity contribution in [2.75, 3.05) is 4.90 Å². The predicted molar refractivity (Wildman–Crippen MR) is 88.0 cm³/mol. The monoisotopic (exact) mass is 329 g/mol. The second kappa shape index (κ2) is 5.77. The molecule has 3 rings (SSSR count). The van der Waals surface area contributed by atoms with Gasteiger partial charge in [-0.05, 0) is 42.6 Å². The lowest BCUT2D eigenvalue weighted by Crippen LogP contribution is -2.54. The minimum atomic E-state index is -0.662. The van der Waals surface area contributed by atoms with Gasteiger partial charge in [-0.25, -0.2) is 9.29 Å². The van der Waals surface area contributed by atoms with E-state index in [-0.39, 0.29) is 16.4 Å². The molecule has 0 saturated carbocycles. The summed E-state index contributed by atoms with van der Waals surface area (Å²) in [5.41, 5.74) is 0.564. The maximum Gasteiger partial charge on any atom is 0.270 e. The fourth-order valence-corrected chi connectivity index (χ4v) is 2.56. The molecule has 1 aromatic carbocycles. The number of carbonyl (C=O) groups is 2. The van der Waals surface area contributed by atoms with Gasteiger partial charge in [-0.1, -0.05) is 12.1 Å². The molecular weight excluding hydrogens is 317 g/mol. The van der Waals surface area contributed by atoms with E-state index in [0.717, 1.165) is 4.90 Å². The molecule has 0 unspecified atom stereocenters. The number of aryl methyl sites for hydroxylation is 1. The number of nitrogens with zero attached hydrogens (tertiary/aromatic N) is 2. The predicted octanol–water partition coefficient (Wildman–Crippen LogP) is 2.00. The SMILES string of the molecule is Cn1cccc1C=C1C(=O)NC(=S)N(c2ccccc2F)C1=O. The van der Waals surface area contributed by atoms with Crippen LogP contribution in [0.25, 0.3) is 6.08 Å². The molecule has 7 heteroatoms. The highest BCUT2D eigenvalue weighted by molar-refractivity contribution is 7.80. The Morgan fingerprint density at radius 1 is 1.17 bits per heavy atom. The molecular formula is C16H12FN3O2S. The summed E-state index contributed by atoms with van der Waals surface area (Å²) in [7, 11) is 1.79. The van der Waals surface area contributed by atoms with Gasteiger partial charge in [0, 0.05) is 18.9 Å². The number of carbonyl (C=O) groups excluding carboxylic acids is 2. The van der Waals surface area contributed by atoms with E-state index in [9.17, 15) is 14.0 Å². The molecule has 0 spiro atoms. The number of amides is 2. The van der Waals surface area contributed by atoms with Crippen molar-refractivity contribution in [3.05, 3.63) is 59.7 Å². The van der Waals surface area contributed by atoms with Gasteiger partial charge < -0.3 is 4.57 Å². The van der Waals surface area contributed by atoms with Crippen molar-refractivity contribution in [2.24, 2.45) is 7.05 Å². The highest BCUT2D eigenvalue weighted by Crippen LogP contribution is 2.24. The molecule has 5 nitrogen and oxygen atoms in total. The highest BCUT2D eigenvalue weighted by Gasteiger charge is 2.35. The van der Waals surface area contributed by atoms with Gasteiger partial charge in [0.05, 0.1) is 5.69 Å². The third-order valence-electron chi connectivity index (χ3n) is 3.47. The molecule has 0 aliphatic carbocycles. The van der Waals surface area contributed by atoms with Crippen molar-refractivity contribution in [3.63, 3.8) is 0 Å². The van der Waals surface area contributed by atoms with E-state index >= 15 is 0 Å².